The first kappa shape index (κ1) is 20.0. The second kappa shape index (κ2) is 7.52. The van der Waals surface area contributed by atoms with Crippen LogP contribution in [0, 0.1) is 6.92 Å². The Balaban J connectivity index is 1.94. The van der Waals surface area contributed by atoms with Gasteiger partial charge >= 0.3 is 0 Å². The Labute approximate surface area is 175 Å². The molecule has 0 bridgehead atoms. The normalized spacial score (nSPS) is 13.8. The van der Waals surface area contributed by atoms with Gasteiger partial charge in [0.1, 0.15) is 0 Å². The molecule has 4 aromatic rings. The maximum atomic E-state index is 11.4. The van der Waals surface area contributed by atoms with Crippen LogP contribution in [0.5, 0.6) is 0 Å². The Morgan fingerprint density at radius 2 is 1.41 bits per heavy atom. The van der Waals surface area contributed by atoms with Crippen molar-refractivity contribution in [2.45, 2.75) is 38.8 Å². The highest BCUT2D eigenvalue weighted by Crippen LogP contribution is 2.22. The van der Waals surface area contributed by atoms with Crippen molar-refractivity contribution in [1.82, 2.24) is 9.13 Å². The predicted octanol–water partition coefficient (Wildman–Crippen LogP) is 3.73. The van der Waals surface area contributed by atoms with Gasteiger partial charge in [0.15, 0.2) is 0 Å². The number of benzene rings is 2. The van der Waals surface area contributed by atoms with Gasteiger partial charge < -0.3 is 9.13 Å². The van der Waals surface area contributed by atoms with E-state index in [4.69, 9.17) is 0 Å². The minimum absolute atomic E-state index is 0.123. The zero-order valence-corrected chi connectivity index (χ0v) is 18.6. The Kier molecular flexibility index (Phi) is 5.19. The van der Waals surface area contributed by atoms with E-state index in [1.54, 1.807) is 17.4 Å². The molecule has 0 spiro atoms. The number of nitrogens with zero attached hydrogens (tertiary/aromatic N) is 4. The lowest BCUT2D eigenvalue weighted by Crippen LogP contribution is -2.16. The zero-order valence-electron chi connectivity index (χ0n) is 16.2. The molecule has 0 aliphatic heterocycles. The summed E-state index contributed by atoms with van der Waals surface area (Å²) in [6, 6.07) is 10.9. The molecule has 10 heteroatoms. The first-order valence-electron chi connectivity index (χ1n) is 9.10. The van der Waals surface area contributed by atoms with E-state index in [0.29, 0.717) is 11.3 Å². The maximum Gasteiger partial charge on any atom is 0.294 e. The molecular weight excluding hydrogens is 428 g/mol. The second-order valence-electron chi connectivity index (χ2n) is 6.53. The molecule has 0 aliphatic rings. The molecule has 2 aromatic heterocycles. The van der Waals surface area contributed by atoms with E-state index in [9.17, 15) is 13.0 Å². The summed E-state index contributed by atoms with van der Waals surface area (Å²) in [7, 11) is -4.25. The number of hydrogen-bond donors (Lipinski definition) is 1. The number of fused-ring (bicyclic) bond motifs is 2. The molecule has 29 heavy (non-hydrogen) atoms. The lowest BCUT2D eigenvalue weighted by molar-refractivity contribution is 0.483. The molecule has 0 saturated carbocycles. The fourth-order valence-corrected chi connectivity index (χ4v) is 6.05. The van der Waals surface area contributed by atoms with Crippen LogP contribution in [0.25, 0.3) is 20.4 Å². The quantitative estimate of drug-likeness (QED) is 0.381. The number of rotatable bonds is 4. The molecule has 2 heterocycles. The van der Waals surface area contributed by atoms with E-state index < -0.39 is 10.1 Å². The highest BCUT2D eigenvalue weighted by atomic mass is 32.2. The van der Waals surface area contributed by atoms with Crippen molar-refractivity contribution in [3.63, 3.8) is 0 Å². The number of hydrogen-bond acceptors (Lipinski definition) is 6. The van der Waals surface area contributed by atoms with E-state index in [1.165, 1.54) is 33.7 Å². The summed E-state index contributed by atoms with van der Waals surface area (Å²) < 4.78 is 38.2. The molecule has 1 N–H and O–H groups in total. The highest BCUT2D eigenvalue weighted by Gasteiger charge is 2.13. The molecule has 0 unspecified atom stereocenters. The molecule has 152 valence electrons. The third-order valence-corrected chi connectivity index (χ3v) is 7.56. The van der Waals surface area contributed by atoms with Gasteiger partial charge in [-0.05, 0) is 56.7 Å². The van der Waals surface area contributed by atoms with E-state index in [0.717, 1.165) is 27.1 Å². The summed E-state index contributed by atoms with van der Waals surface area (Å²) >= 11 is 2.94. The second-order valence-corrected chi connectivity index (χ2v) is 9.97. The van der Waals surface area contributed by atoms with Crippen molar-refractivity contribution in [2.24, 2.45) is 10.2 Å². The van der Waals surface area contributed by atoms with Crippen molar-refractivity contribution in [1.29, 1.82) is 0 Å². The van der Waals surface area contributed by atoms with Gasteiger partial charge in [-0.1, -0.05) is 28.7 Å². The topological polar surface area (TPSA) is 88.9 Å². The molecule has 0 atom stereocenters. The minimum Gasteiger partial charge on any atom is -0.315 e. The van der Waals surface area contributed by atoms with Gasteiger partial charge in [0.05, 0.1) is 25.3 Å². The van der Waals surface area contributed by atoms with E-state index >= 15 is 0 Å². The summed E-state index contributed by atoms with van der Waals surface area (Å²) in [5.74, 6) is 0. The van der Waals surface area contributed by atoms with Crippen molar-refractivity contribution >= 4 is 53.2 Å². The molecule has 0 aliphatic carbocycles. The van der Waals surface area contributed by atoms with E-state index in [1.807, 2.05) is 11.5 Å². The van der Waals surface area contributed by atoms with Crippen LogP contribution in [0.4, 0.5) is 0 Å². The number of aromatic nitrogens is 2. The first-order valence-corrected chi connectivity index (χ1v) is 12.2. The Hall–Kier alpha value is -2.27. The summed E-state index contributed by atoms with van der Waals surface area (Å²) in [6.45, 7) is 7.59. The average Bonchev–Trinajstić information content (AvgIpc) is 3.21. The molecule has 2 aromatic carbocycles. The Morgan fingerprint density at radius 1 is 0.897 bits per heavy atom. The monoisotopic (exact) mass is 448 g/mol. The van der Waals surface area contributed by atoms with Gasteiger partial charge in [0.25, 0.3) is 10.1 Å². The number of aryl methyl sites for hydroxylation is 3. The van der Waals surface area contributed by atoms with Crippen LogP contribution in [-0.4, -0.2) is 22.1 Å². The van der Waals surface area contributed by atoms with Crippen LogP contribution in [-0.2, 0) is 23.2 Å². The lowest BCUT2D eigenvalue weighted by Gasteiger charge is -2.01. The molecule has 0 amide bonds. The Morgan fingerprint density at radius 3 is 1.93 bits per heavy atom. The van der Waals surface area contributed by atoms with Crippen molar-refractivity contribution in [2.75, 3.05) is 0 Å². The van der Waals surface area contributed by atoms with Gasteiger partial charge in [0.2, 0.25) is 9.60 Å². The van der Waals surface area contributed by atoms with Crippen molar-refractivity contribution in [3.8, 4) is 0 Å². The largest absolute Gasteiger partial charge is 0.315 e. The van der Waals surface area contributed by atoms with Crippen LogP contribution in [0.2, 0.25) is 0 Å². The van der Waals surface area contributed by atoms with Crippen molar-refractivity contribution < 1.29 is 13.0 Å². The zero-order chi connectivity index (χ0) is 20.8. The van der Waals surface area contributed by atoms with E-state index in [2.05, 4.69) is 46.8 Å². The minimum atomic E-state index is -4.25. The highest BCUT2D eigenvalue weighted by molar-refractivity contribution is 7.85. The van der Waals surface area contributed by atoms with Crippen LogP contribution in [0.3, 0.4) is 0 Å². The van der Waals surface area contributed by atoms with Gasteiger partial charge in [-0.3, -0.25) is 4.55 Å². The van der Waals surface area contributed by atoms with Crippen molar-refractivity contribution in [3.05, 3.63) is 51.6 Å². The van der Waals surface area contributed by atoms with E-state index in [-0.39, 0.29) is 4.90 Å². The van der Waals surface area contributed by atoms with Crippen LogP contribution in [0.15, 0.2) is 51.5 Å². The fourth-order valence-electron chi connectivity index (χ4n) is 3.24. The van der Waals surface area contributed by atoms with Crippen LogP contribution >= 0.6 is 22.7 Å². The molecule has 0 radical (unpaired) electrons. The number of thiazole rings is 2. The average molecular weight is 449 g/mol. The SMILES string of the molecule is CCn1/c(=N\N=c2\sc3cc(S(=O)(=O)O)ccc3n2CC)sc2cc(C)ccc21. The molecule has 7 nitrogen and oxygen atoms in total. The summed E-state index contributed by atoms with van der Waals surface area (Å²) in [6.07, 6.45) is 0. The molecule has 0 fully saturated rings. The predicted molar refractivity (Wildman–Crippen MR) is 117 cm³/mol. The van der Waals surface area contributed by atoms with Crippen LogP contribution in [0.1, 0.15) is 19.4 Å². The smallest absolute Gasteiger partial charge is 0.294 e. The first-order chi connectivity index (χ1) is 13.8. The van der Waals surface area contributed by atoms with Crippen LogP contribution < -0.4 is 9.60 Å². The van der Waals surface area contributed by atoms with Gasteiger partial charge in [0, 0.05) is 13.1 Å². The molecular formula is C19H20N4O3S3. The summed E-state index contributed by atoms with van der Waals surface area (Å²) in [4.78, 5) is 1.36. The lowest BCUT2D eigenvalue weighted by atomic mass is 10.2. The Bertz CT molecular complexity index is 1470. The molecule has 0 saturated heterocycles. The fraction of sp³-hybridized carbons (Fsp3) is 0.263. The third kappa shape index (κ3) is 3.68. The van der Waals surface area contributed by atoms with Gasteiger partial charge in [-0.15, -0.1) is 10.2 Å². The van der Waals surface area contributed by atoms with Gasteiger partial charge in [-0.25, -0.2) is 0 Å². The summed E-state index contributed by atoms with van der Waals surface area (Å²) in [5.41, 5.74) is 3.19. The molecule has 4 rings (SSSR count). The summed E-state index contributed by atoms with van der Waals surface area (Å²) in [5, 5.41) is 9.00. The maximum absolute atomic E-state index is 11.4. The third-order valence-electron chi connectivity index (χ3n) is 4.64. The standard InChI is InChI=1S/C19H20N4O3S3/c1-4-22-14-8-6-12(3)10-16(14)27-18(22)20-21-19-23(5-2)15-9-7-13(29(24,25)26)11-17(15)28-19/h6-11H,4-5H2,1-3H3,(H,24,25,26)/b20-18+,21-19+. The van der Waals surface area contributed by atoms with Gasteiger partial charge in [-0.2, -0.15) is 8.42 Å².